The fourth-order valence-electron chi connectivity index (χ4n) is 2.26. The van der Waals surface area contributed by atoms with Crippen LogP contribution in [0.2, 0.25) is 0 Å². The molecular formula is C18H19NO5. The third-order valence-electron chi connectivity index (χ3n) is 3.38. The molecule has 24 heavy (non-hydrogen) atoms. The number of rotatable bonds is 6. The van der Waals surface area contributed by atoms with Crippen molar-refractivity contribution in [3.63, 3.8) is 0 Å². The summed E-state index contributed by atoms with van der Waals surface area (Å²) in [7, 11) is 0. The van der Waals surface area contributed by atoms with Crippen molar-refractivity contribution < 1.29 is 24.5 Å². The van der Waals surface area contributed by atoms with Gasteiger partial charge in [-0.3, -0.25) is 9.59 Å². The second-order valence-electron chi connectivity index (χ2n) is 5.53. The van der Waals surface area contributed by atoms with Crippen LogP contribution in [0.1, 0.15) is 16.7 Å². The third kappa shape index (κ3) is 4.74. The van der Waals surface area contributed by atoms with Crippen LogP contribution in [0.15, 0.2) is 36.4 Å². The number of aromatic hydroxyl groups is 1. The normalized spacial score (nSPS) is 10.2. The Morgan fingerprint density at radius 1 is 1.12 bits per heavy atom. The number of phenolic OH excluding ortho intramolecular Hbond substituents is 1. The number of hydrogen-bond acceptors (Lipinski definition) is 4. The maximum atomic E-state index is 12.0. The summed E-state index contributed by atoms with van der Waals surface area (Å²) in [5, 5.41) is 21.1. The summed E-state index contributed by atoms with van der Waals surface area (Å²) in [4.78, 5) is 22.7. The van der Waals surface area contributed by atoms with Gasteiger partial charge in [-0.1, -0.05) is 23.8 Å². The molecule has 0 unspecified atom stereocenters. The van der Waals surface area contributed by atoms with E-state index in [1.165, 1.54) is 18.2 Å². The zero-order valence-corrected chi connectivity index (χ0v) is 13.5. The molecule has 2 rings (SSSR count). The molecule has 1 amide bonds. The molecule has 2 aromatic carbocycles. The van der Waals surface area contributed by atoms with E-state index in [0.717, 1.165) is 11.1 Å². The number of carboxylic acids is 1. The van der Waals surface area contributed by atoms with E-state index in [4.69, 9.17) is 9.84 Å². The van der Waals surface area contributed by atoms with E-state index in [1.807, 2.05) is 26.0 Å². The fraction of sp³-hybridized carbons (Fsp3) is 0.222. The average Bonchev–Trinajstić information content (AvgIpc) is 2.49. The highest BCUT2D eigenvalue weighted by Crippen LogP contribution is 2.25. The number of anilines is 1. The van der Waals surface area contributed by atoms with Crippen molar-refractivity contribution in [2.45, 2.75) is 20.3 Å². The van der Waals surface area contributed by atoms with Crippen LogP contribution in [-0.2, 0) is 16.0 Å². The first-order valence-electron chi connectivity index (χ1n) is 7.38. The molecule has 0 heterocycles. The van der Waals surface area contributed by atoms with E-state index < -0.39 is 11.9 Å². The van der Waals surface area contributed by atoms with E-state index in [9.17, 15) is 14.7 Å². The Morgan fingerprint density at radius 2 is 1.88 bits per heavy atom. The van der Waals surface area contributed by atoms with Crippen LogP contribution in [0.5, 0.6) is 11.5 Å². The molecule has 6 heteroatoms. The van der Waals surface area contributed by atoms with Gasteiger partial charge in [-0.25, -0.2) is 0 Å². The highest BCUT2D eigenvalue weighted by Gasteiger charge is 2.10. The second kappa shape index (κ2) is 7.50. The van der Waals surface area contributed by atoms with Crippen molar-refractivity contribution in [1.82, 2.24) is 0 Å². The number of aliphatic carboxylic acids is 1. The van der Waals surface area contributed by atoms with E-state index in [1.54, 1.807) is 6.07 Å². The Morgan fingerprint density at radius 3 is 2.54 bits per heavy atom. The largest absolute Gasteiger partial charge is 0.506 e. The fourth-order valence-corrected chi connectivity index (χ4v) is 2.26. The maximum Gasteiger partial charge on any atom is 0.307 e. The lowest BCUT2D eigenvalue weighted by Crippen LogP contribution is -2.20. The molecule has 0 spiro atoms. The van der Waals surface area contributed by atoms with Crippen molar-refractivity contribution >= 4 is 17.6 Å². The number of ether oxygens (including phenoxy) is 1. The van der Waals surface area contributed by atoms with Crippen molar-refractivity contribution in [2.24, 2.45) is 0 Å². The molecule has 0 saturated heterocycles. The number of carbonyl (C=O) groups excluding carboxylic acids is 1. The zero-order valence-electron chi connectivity index (χ0n) is 13.5. The van der Waals surface area contributed by atoms with Crippen LogP contribution in [0.25, 0.3) is 0 Å². The van der Waals surface area contributed by atoms with Crippen LogP contribution in [-0.4, -0.2) is 28.7 Å². The minimum Gasteiger partial charge on any atom is -0.506 e. The third-order valence-corrected chi connectivity index (χ3v) is 3.38. The SMILES string of the molecule is Cc1ccc(OCC(=O)Nc2cc(CC(=O)O)ccc2O)c(C)c1. The van der Waals surface area contributed by atoms with E-state index in [2.05, 4.69) is 5.32 Å². The molecule has 0 aliphatic heterocycles. The van der Waals surface area contributed by atoms with Crippen molar-refractivity contribution in [3.05, 3.63) is 53.1 Å². The van der Waals surface area contributed by atoms with Gasteiger partial charge in [-0.05, 0) is 43.2 Å². The lowest BCUT2D eigenvalue weighted by Gasteiger charge is -2.11. The summed E-state index contributed by atoms with van der Waals surface area (Å²) in [6.45, 7) is 3.64. The van der Waals surface area contributed by atoms with Crippen LogP contribution in [0.3, 0.4) is 0 Å². The summed E-state index contributed by atoms with van der Waals surface area (Å²) < 4.78 is 5.47. The van der Waals surface area contributed by atoms with Gasteiger partial charge in [0.25, 0.3) is 5.91 Å². The number of aryl methyl sites for hydroxylation is 2. The van der Waals surface area contributed by atoms with Gasteiger partial charge >= 0.3 is 5.97 Å². The van der Waals surface area contributed by atoms with Gasteiger partial charge < -0.3 is 20.3 Å². The molecular weight excluding hydrogens is 310 g/mol. The summed E-state index contributed by atoms with van der Waals surface area (Å²) in [5.74, 6) is -0.961. The molecule has 0 bridgehead atoms. The number of hydrogen-bond donors (Lipinski definition) is 3. The van der Waals surface area contributed by atoms with Gasteiger partial charge in [0.1, 0.15) is 11.5 Å². The molecule has 0 saturated carbocycles. The van der Waals surface area contributed by atoms with Gasteiger partial charge in [0.05, 0.1) is 12.1 Å². The summed E-state index contributed by atoms with van der Waals surface area (Å²) >= 11 is 0. The molecule has 2 aromatic rings. The highest BCUT2D eigenvalue weighted by molar-refractivity contribution is 5.93. The van der Waals surface area contributed by atoms with Gasteiger partial charge in [0.2, 0.25) is 0 Å². The number of amides is 1. The topological polar surface area (TPSA) is 95.9 Å². The molecule has 6 nitrogen and oxygen atoms in total. The first-order valence-corrected chi connectivity index (χ1v) is 7.38. The summed E-state index contributed by atoms with van der Waals surface area (Å²) in [5.41, 5.74) is 2.66. The minimum atomic E-state index is -0.990. The Hall–Kier alpha value is -3.02. The molecule has 126 valence electrons. The van der Waals surface area contributed by atoms with Crippen molar-refractivity contribution in [2.75, 3.05) is 11.9 Å². The number of carboxylic acid groups (broad SMARTS) is 1. The van der Waals surface area contributed by atoms with Gasteiger partial charge in [0, 0.05) is 0 Å². The second-order valence-corrected chi connectivity index (χ2v) is 5.53. The molecule has 0 aromatic heterocycles. The zero-order chi connectivity index (χ0) is 17.7. The Bertz CT molecular complexity index is 770. The smallest absolute Gasteiger partial charge is 0.307 e. The van der Waals surface area contributed by atoms with E-state index >= 15 is 0 Å². The first kappa shape index (κ1) is 17.3. The van der Waals surface area contributed by atoms with Crippen LogP contribution in [0, 0.1) is 13.8 Å². The Balaban J connectivity index is 2.00. The Labute approximate surface area is 139 Å². The van der Waals surface area contributed by atoms with Gasteiger partial charge in [-0.2, -0.15) is 0 Å². The molecule has 0 aliphatic carbocycles. The number of benzene rings is 2. The lowest BCUT2D eigenvalue weighted by atomic mass is 10.1. The number of phenols is 1. The maximum absolute atomic E-state index is 12.0. The summed E-state index contributed by atoms with van der Waals surface area (Å²) in [6.07, 6.45) is -0.192. The van der Waals surface area contributed by atoms with Gasteiger partial charge in [-0.15, -0.1) is 0 Å². The number of carbonyl (C=O) groups is 2. The Kier molecular flexibility index (Phi) is 5.42. The van der Waals surface area contributed by atoms with Crippen LogP contribution >= 0.6 is 0 Å². The molecule has 0 aliphatic rings. The molecule has 0 fully saturated rings. The monoisotopic (exact) mass is 329 g/mol. The lowest BCUT2D eigenvalue weighted by molar-refractivity contribution is -0.136. The highest BCUT2D eigenvalue weighted by atomic mass is 16.5. The molecule has 3 N–H and O–H groups in total. The van der Waals surface area contributed by atoms with E-state index in [0.29, 0.717) is 11.3 Å². The quantitative estimate of drug-likeness (QED) is 0.708. The summed E-state index contributed by atoms with van der Waals surface area (Å²) in [6, 6.07) is 9.90. The van der Waals surface area contributed by atoms with Gasteiger partial charge in [0.15, 0.2) is 6.61 Å². The first-order chi connectivity index (χ1) is 11.3. The average molecular weight is 329 g/mol. The predicted molar refractivity (Wildman–Crippen MR) is 89.5 cm³/mol. The minimum absolute atomic E-state index is 0.135. The number of nitrogens with one attached hydrogen (secondary N) is 1. The van der Waals surface area contributed by atoms with Crippen molar-refractivity contribution in [3.8, 4) is 11.5 Å². The van der Waals surface area contributed by atoms with E-state index in [-0.39, 0.29) is 24.5 Å². The standard InChI is InChI=1S/C18H19NO5/c1-11-3-6-16(12(2)7-11)24-10-17(21)19-14-8-13(9-18(22)23)4-5-15(14)20/h3-8,20H,9-10H2,1-2H3,(H,19,21)(H,22,23). The van der Waals surface area contributed by atoms with Crippen LogP contribution < -0.4 is 10.1 Å². The van der Waals surface area contributed by atoms with Crippen molar-refractivity contribution in [1.29, 1.82) is 0 Å². The predicted octanol–water partition coefficient (Wildman–Crippen LogP) is 2.65. The van der Waals surface area contributed by atoms with Crippen LogP contribution in [0.4, 0.5) is 5.69 Å². The molecule has 0 atom stereocenters. The molecule has 0 radical (unpaired) electrons.